The van der Waals surface area contributed by atoms with Crippen LogP contribution in [-0.2, 0) is 11.3 Å². The van der Waals surface area contributed by atoms with Crippen molar-refractivity contribution in [3.05, 3.63) is 18.3 Å². The van der Waals surface area contributed by atoms with E-state index in [-0.39, 0.29) is 5.91 Å². The first-order chi connectivity index (χ1) is 10.3. The van der Waals surface area contributed by atoms with E-state index in [0.717, 1.165) is 48.8 Å². The summed E-state index contributed by atoms with van der Waals surface area (Å²) in [5.74, 6) is 0.686. The Labute approximate surface area is 128 Å². The smallest absolute Gasteiger partial charge is 0.233 e. The highest BCUT2D eigenvalue weighted by atomic mass is 32.2. The molecule has 1 amide bonds. The van der Waals surface area contributed by atoms with Crippen LogP contribution in [0.5, 0.6) is 0 Å². The second-order valence-electron chi connectivity index (χ2n) is 5.21. The molecule has 1 aliphatic heterocycles. The van der Waals surface area contributed by atoms with Gasteiger partial charge in [0.15, 0.2) is 10.8 Å². The van der Waals surface area contributed by atoms with Crippen molar-refractivity contribution in [2.75, 3.05) is 18.8 Å². The van der Waals surface area contributed by atoms with Crippen LogP contribution in [0.2, 0.25) is 0 Å². The Hall–Kier alpha value is -1.56. The van der Waals surface area contributed by atoms with Gasteiger partial charge in [-0.05, 0) is 38.3 Å². The predicted octanol–water partition coefficient (Wildman–Crippen LogP) is 2.56. The molecule has 2 aromatic rings. The van der Waals surface area contributed by atoms with Crippen LogP contribution >= 0.6 is 11.8 Å². The van der Waals surface area contributed by atoms with E-state index in [4.69, 9.17) is 0 Å². The maximum absolute atomic E-state index is 12.2. The number of rotatable bonds is 4. The van der Waals surface area contributed by atoms with Crippen LogP contribution in [-0.4, -0.2) is 44.2 Å². The molecule has 0 N–H and O–H groups in total. The number of hydrogen-bond donors (Lipinski definition) is 0. The van der Waals surface area contributed by atoms with Crippen LogP contribution in [0.15, 0.2) is 23.5 Å². The van der Waals surface area contributed by atoms with E-state index in [1.54, 1.807) is 6.20 Å². The highest BCUT2D eigenvalue weighted by Gasteiger charge is 2.18. The van der Waals surface area contributed by atoms with Crippen molar-refractivity contribution >= 4 is 28.8 Å². The van der Waals surface area contributed by atoms with Gasteiger partial charge in [-0.15, -0.1) is 0 Å². The van der Waals surface area contributed by atoms with Gasteiger partial charge in [0, 0.05) is 25.8 Å². The minimum atomic E-state index is 0.224. The molecule has 1 aliphatic rings. The van der Waals surface area contributed by atoms with Crippen molar-refractivity contribution in [1.82, 2.24) is 19.4 Å². The zero-order chi connectivity index (χ0) is 14.7. The fraction of sp³-hybridized carbons (Fsp3) is 0.533. The van der Waals surface area contributed by atoms with Crippen LogP contribution in [0, 0.1) is 0 Å². The zero-order valence-corrected chi connectivity index (χ0v) is 13.1. The average molecular weight is 304 g/mol. The first kappa shape index (κ1) is 14.4. The van der Waals surface area contributed by atoms with Gasteiger partial charge in [0.25, 0.3) is 0 Å². The number of carbonyl (C=O) groups is 1. The molecule has 0 radical (unpaired) electrons. The van der Waals surface area contributed by atoms with Crippen molar-refractivity contribution < 1.29 is 4.79 Å². The average Bonchev–Trinajstić information content (AvgIpc) is 2.91. The van der Waals surface area contributed by atoms with Gasteiger partial charge in [-0.3, -0.25) is 4.79 Å². The minimum absolute atomic E-state index is 0.224. The first-order valence-electron chi connectivity index (χ1n) is 7.51. The predicted molar refractivity (Wildman–Crippen MR) is 84.4 cm³/mol. The number of aryl methyl sites for hydroxylation is 1. The van der Waals surface area contributed by atoms with E-state index < -0.39 is 0 Å². The van der Waals surface area contributed by atoms with E-state index in [1.165, 1.54) is 18.2 Å². The molecule has 0 bridgehead atoms. The Balaban J connectivity index is 1.71. The van der Waals surface area contributed by atoms with E-state index in [2.05, 4.69) is 21.5 Å². The monoisotopic (exact) mass is 304 g/mol. The molecule has 0 unspecified atom stereocenters. The normalized spacial score (nSPS) is 15.6. The molecular formula is C15H20N4OS. The van der Waals surface area contributed by atoms with E-state index >= 15 is 0 Å². The summed E-state index contributed by atoms with van der Waals surface area (Å²) < 4.78 is 2.07. The van der Waals surface area contributed by atoms with Crippen molar-refractivity contribution in [2.24, 2.45) is 0 Å². The summed E-state index contributed by atoms with van der Waals surface area (Å²) >= 11 is 1.52. The number of piperidine rings is 1. The molecule has 1 fully saturated rings. The van der Waals surface area contributed by atoms with Gasteiger partial charge < -0.3 is 9.47 Å². The first-order valence-corrected chi connectivity index (χ1v) is 8.50. The van der Waals surface area contributed by atoms with E-state index in [9.17, 15) is 4.79 Å². The molecule has 1 saturated heterocycles. The van der Waals surface area contributed by atoms with Crippen LogP contribution in [0.1, 0.15) is 26.2 Å². The second kappa shape index (κ2) is 6.47. The number of nitrogens with zero attached hydrogens (tertiary/aromatic N) is 4. The van der Waals surface area contributed by atoms with Gasteiger partial charge in [0.05, 0.1) is 5.75 Å². The maximum Gasteiger partial charge on any atom is 0.233 e. The number of pyridine rings is 1. The number of amides is 1. The van der Waals surface area contributed by atoms with Crippen molar-refractivity contribution in [3.63, 3.8) is 0 Å². The van der Waals surface area contributed by atoms with Crippen LogP contribution in [0.3, 0.4) is 0 Å². The number of likely N-dealkylation sites (tertiary alicyclic amines) is 1. The second-order valence-corrected chi connectivity index (χ2v) is 6.16. The molecule has 3 rings (SSSR count). The minimum Gasteiger partial charge on any atom is -0.342 e. The van der Waals surface area contributed by atoms with Gasteiger partial charge in [-0.25, -0.2) is 9.97 Å². The summed E-state index contributed by atoms with van der Waals surface area (Å²) in [5, 5.41) is 0.886. The van der Waals surface area contributed by atoms with Gasteiger partial charge in [-0.1, -0.05) is 11.8 Å². The van der Waals surface area contributed by atoms with Crippen LogP contribution in [0.4, 0.5) is 0 Å². The van der Waals surface area contributed by atoms with E-state index in [1.807, 2.05) is 17.0 Å². The Kier molecular flexibility index (Phi) is 4.43. The SMILES string of the molecule is CCn1c(SCC(=O)N2CCCCC2)nc2cccnc21. The zero-order valence-electron chi connectivity index (χ0n) is 12.3. The molecule has 21 heavy (non-hydrogen) atoms. The molecule has 3 heterocycles. The molecule has 0 saturated carbocycles. The standard InChI is InChI=1S/C15H20N4OS/c1-2-19-14-12(7-6-8-16-14)17-15(19)21-11-13(20)18-9-4-3-5-10-18/h6-8H,2-5,9-11H2,1H3. The van der Waals surface area contributed by atoms with Crippen LogP contribution < -0.4 is 0 Å². The third-order valence-corrected chi connectivity index (χ3v) is 4.78. The topological polar surface area (TPSA) is 51.0 Å². The third-order valence-electron chi connectivity index (χ3n) is 3.82. The fourth-order valence-electron chi connectivity index (χ4n) is 2.69. The molecule has 0 spiro atoms. The fourth-order valence-corrected chi connectivity index (χ4v) is 3.66. The highest BCUT2D eigenvalue weighted by Crippen LogP contribution is 2.23. The summed E-state index contributed by atoms with van der Waals surface area (Å²) in [6.07, 6.45) is 5.29. The highest BCUT2D eigenvalue weighted by molar-refractivity contribution is 7.99. The Morgan fingerprint density at radius 2 is 2.14 bits per heavy atom. The lowest BCUT2D eigenvalue weighted by Crippen LogP contribution is -2.36. The number of fused-ring (bicyclic) bond motifs is 1. The van der Waals surface area contributed by atoms with Crippen LogP contribution in [0.25, 0.3) is 11.2 Å². The lowest BCUT2D eigenvalue weighted by molar-refractivity contribution is -0.129. The van der Waals surface area contributed by atoms with E-state index in [0.29, 0.717) is 5.75 Å². The number of hydrogen-bond acceptors (Lipinski definition) is 4. The van der Waals surface area contributed by atoms with Crippen molar-refractivity contribution in [1.29, 1.82) is 0 Å². The molecule has 0 atom stereocenters. The molecule has 0 aromatic carbocycles. The van der Waals surface area contributed by atoms with Gasteiger partial charge >= 0.3 is 0 Å². The molecular weight excluding hydrogens is 284 g/mol. The maximum atomic E-state index is 12.2. The summed E-state index contributed by atoms with van der Waals surface area (Å²) in [4.78, 5) is 23.2. The molecule has 5 nitrogen and oxygen atoms in total. The molecule has 0 aliphatic carbocycles. The van der Waals surface area contributed by atoms with Gasteiger partial charge in [-0.2, -0.15) is 0 Å². The van der Waals surface area contributed by atoms with Gasteiger partial charge in [0.1, 0.15) is 5.52 Å². The number of imidazole rings is 1. The number of carbonyl (C=O) groups excluding carboxylic acids is 1. The summed E-state index contributed by atoms with van der Waals surface area (Å²) in [5.41, 5.74) is 1.79. The number of thioether (sulfide) groups is 1. The Bertz CT molecular complexity index is 634. The lowest BCUT2D eigenvalue weighted by atomic mass is 10.1. The molecule has 112 valence electrons. The quantitative estimate of drug-likeness (QED) is 0.815. The van der Waals surface area contributed by atoms with Gasteiger partial charge in [0.2, 0.25) is 5.91 Å². The third kappa shape index (κ3) is 3.05. The summed E-state index contributed by atoms with van der Waals surface area (Å²) in [7, 11) is 0. The Morgan fingerprint density at radius 1 is 1.33 bits per heavy atom. The van der Waals surface area contributed by atoms with Crippen molar-refractivity contribution in [2.45, 2.75) is 37.9 Å². The largest absolute Gasteiger partial charge is 0.342 e. The molecule has 6 heteroatoms. The Morgan fingerprint density at radius 3 is 2.90 bits per heavy atom. The number of aromatic nitrogens is 3. The summed E-state index contributed by atoms with van der Waals surface area (Å²) in [6, 6.07) is 3.85. The lowest BCUT2D eigenvalue weighted by Gasteiger charge is -2.26. The summed E-state index contributed by atoms with van der Waals surface area (Å²) in [6.45, 7) is 4.70. The van der Waals surface area contributed by atoms with Crippen molar-refractivity contribution in [3.8, 4) is 0 Å². The molecule has 2 aromatic heterocycles.